The molecule has 1 aromatic carbocycles. The van der Waals surface area contributed by atoms with Gasteiger partial charge in [0.2, 0.25) is 0 Å². The van der Waals surface area contributed by atoms with E-state index >= 15 is 0 Å². The molecule has 24 heavy (non-hydrogen) atoms. The highest BCUT2D eigenvalue weighted by Gasteiger charge is 2.29. The third kappa shape index (κ3) is 4.00. The molecule has 1 aromatic heterocycles. The maximum absolute atomic E-state index is 12.7. The van der Waals surface area contributed by atoms with Gasteiger partial charge in [0.05, 0.1) is 0 Å². The first-order chi connectivity index (χ1) is 11.5. The number of rotatable bonds is 5. The summed E-state index contributed by atoms with van der Waals surface area (Å²) in [4.78, 5) is 3.39. The van der Waals surface area contributed by atoms with E-state index in [4.69, 9.17) is 11.6 Å². The highest BCUT2D eigenvalue weighted by molar-refractivity contribution is 7.91. The summed E-state index contributed by atoms with van der Waals surface area (Å²) in [5.74, 6) is 0. The van der Waals surface area contributed by atoms with Crippen LogP contribution in [0.5, 0.6) is 0 Å². The van der Waals surface area contributed by atoms with Crippen LogP contribution in [0.15, 0.2) is 40.6 Å². The minimum absolute atomic E-state index is 0.463. The third-order valence-corrected chi connectivity index (χ3v) is 8.08. The Morgan fingerprint density at radius 2 is 1.71 bits per heavy atom. The lowest BCUT2D eigenvalue weighted by atomic mass is 10.2. The van der Waals surface area contributed by atoms with Crippen LogP contribution in [-0.2, 0) is 23.0 Å². The molecule has 0 unspecified atom stereocenters. The number of halogens is 1. The number of hydrogen-bond donors (Lipinski definition) is 0. The molecule has 0 saturated carbocycles. The van der Waals surface area contributed by atoms with Crippen molar-refractivity contribution in [2.24, 2.45) is 0 Å². The Morgan fingerprint density at radius 1 is 1.04 bits per heavy atom. The Labute approximate surface area is 152 Å². The molecule has 0 atom stereocenters. The van der Waals surface area contributed by atoms with Crippen molar-refractivity contribution < 1.29 is 8.42 Å². The van der Waals surface area contributed by atoms with Crippen molar-refractivity contribution in [2.75, 3.05) is 26.2 Å². The van der Waals surface area contributed by atoms with Crippen LogP contribution in [0.3, 0.4) is 0 Å². The number of aryl methyl sites for hydroxylation is 1. The smallest absolute Gasteiger partial charge is 0.252 e. The van der Waals surface area contributed by atoms with Crippen LogP contribution < -0.4 is 0 Å². The molecule has 0 radical (unpaired) electrons. The number of piperazine rings is 1. The Kier molecular flexibility index (Phi) is 5.62. The highest BCUT2D eigenvalue weighted by Crippen LogP contribution is 2.26. The van der Waals surface area contributed by atoms with E-state index in [1.54, 1.807) is 10.4 Å². The summed E-state index contributed by atoms with van der Waals surface area (Å²) in [6.45, 7) is 5.42. The molecule has 0 bridgehead atoms. The molecule has 1 fully saturated rings. The lowest BCUT2D eigenvalue weighted by Crippen LogP contribution is -2.48. The zero-order valence-electron chi connectivity index (χ0n) is 13.6. The lowest BCUT2D eigenvalue weighted by molar-refractivity contribution is 0.182. The van der Waals surface area contributed by atoms with E-state index in [-0.39, 0.29) is 0 Å². The van der Waals surface area contributed by atoms with Gasteiger partial charge in [0.25, 0.3) is 10.0 Å². The average molecular weight is 385 g/mol. The van der Waals surface area contributed by atoms with Crippen molar-refractivity contribution in [3.05, 3.63) is 51.9 Å². The Morgan fingerprint density at radius 3 is 2.29 bits per heavy atom. The Hall–Kier alpha value is -0.920. The van der Waals surface area contributed by atoms with E-state index < -0.39 is 10.0 Å². The molecular formula is C17H21ClN2O2S2. The van der Waals surface area contributed by atoms with Crippen LogP contribution in [0.4, 0.5) is 0 Å². The van der Waals surface area contributed by atoms with Crippen LogP contribution in [0.25, 0.3) is 0 Å². The van der Waals surface area contributed by atoms with Crippen LogP contribution in [0, 0.1) is 0 Å². The normalized spacial score (nSPS) is 17.2. The van der Waals surface area contributed by atoms with Crippen molar-refractivity contribution in [1.29, 1.82) is 0 Å². The van der Waals surface area contributed by atoms with Crippen LogP contribution >= 0.6 is 22.9 Å². The van der Waals surface area contributed by atoms with Crippen LogP contribution in [0.2, 0.25) is 5.02 Å². The van der Waals surface area contributed by atoms with Gasteiger partial charge < -0.3 is 0 Å². The van der Waals surface area contributed by atoms with E-state index in [2.05, 4.69) is 4.90 Å². The monoisotopic (exact) mass is 384 g/mol. The molecule has 4 nitrogen and oxygen atoms in total. The SMILES string of the molecule is CCc1ccc(S(=O)(=O)N2CCN(Cc3ccc(Cl)cc3)CC2)s1. The fraction of sp³-hybridized carbons (Fsp3) is 0.412. The van der Waals surface area contributed by atoms with Gasteiger partial charge in [-0.05, 0) is 36.2 Å². The van der Waals surface area contributed by atoms with Crippen molar-refractivity contribution in [3.63, 3.8) is 0 Å². The second-order valence-electron chi connectivity index (χ2n) is 5.88. The van der Waals surface area contributed by atoms with Crippen molar-refractivity contribution in [3.8, 4) is 0 Å². The molecular weight excluding hydrogens is 364 g/mol. The maximum atomic E-state index is 12.7. The van der Waals surface area contributed by atoms with Crippen molar-refractivity contribution in [1.82, 2.24) is 9.21 Å². The van der Waals surface area contributed by atoms with Gasteiger partial charge in [-0.2, -0.15) is 4.31 Å². The molecule has 7 heteroatoms. The van der Waals surface area contributed by atoms with E-state index in [0.717, 1.165) is 36.0 Å². The van der Waals surface area contributed by atoms with Gasteiger partial charge in [-0.15, -0.1) is 11.3 Å². The van der Waals surface area contributed by atoms with Gasteiger partial charge in [0.15, 0.2) is 0 Å². The predicted octanol–water partition coefficient (Wildman–Crippen LogP) is 3.47. The van der Waals surface area contributed by atoms with Gasteiger partial charge >= 0.3 is 0 Å². The summed E-state index contributed by atoms with van der Waals surface area (Å²) in [5.41, 5.74) is 1.20. The number of hydrogen-bond acceptors (Lipinski definition) is 4. The van der Waals surface area contributed by atoms with E-state index in [1.165, 1.54) is 16.9 Å². The zero-order chi connectivity index (χ0) is 17.2. The first kappa shape index (κ1) is 17.9. The molecule has 3 rings (SSSR count). The van der Waals surface area contributed by atoms with E-state index in [9.17, 15) is 8.42 Å². The number of nitrogens with zero attached hydrogens (tertiary/aromatic N) is 2. The second kappa shape index (κ2) is 7.54. The van der Waals surface area contributed by atoms with Gasteiger partial charge in [0.1, 0.15) is 4.21 Å². The molecule has 0 N–H and O–H groups in total. The Balaban J connectivity index is 1.60. The molecule has 1 saturated heterocycles. The summed E-state index contributed by atoms with van der Waals surface area (Å²) in [6, 6.07) is 11.5. The van der Waals surface area contributed by atoms with E-state index in [0.29, 0.717) is 17.3 Å². The largest absolute Gasteiger partial charge is 0.296 e. The predicted molar refractivity (Wildman–Crippen MR) is 99.2 cm³/mol. The van der Waals surface area contributed by atoms with Crippen molar-refractivity contribution in [2.45, 2.75) is 24.1 Å². The lowest BCUT2D eigenvalue weighted by Gasteiger charge is -2.33. The molecule has 0 spiro atoms. The summed E-state index contributed by atoms with van der Waals surface area (Å²) in [5, 5.41) is 0.733. The van der Waals surface area contributed by atoms with Crippen molar-refractivity contribution >= 4 is 33.0 Å². The minimum Gasteiger partial charge on any atom is -0.296 e. The van der Waals surface area contributed by atoms with Gasteiger partial charge in [0, 0.05) is 42.6 Å². The molecule has 1 aliphatic heterocycles. The first-order valence-electron chi connectivity index (χ1n) is 8.04. The number of benzene rings is 1. The molecule has 2 heterocycles. The first-order valence-corrected chi connectivity index (χ1v) is 10.7. The standard InChI is InChI=1S/C17H21ClN2O2S2/c1-2-16-7-8-17(23-16)24(21,22)20-11-9-19(10-12-20)13-14-3-5-15(18)6-4-14/h3-8H,2,9-13H2,1H3. The third-order valence-electron chi connectivity index (χ3n) is 4.23. The topological polar surface area (TPSA) is 40.6 Å². The van der Waals surface area contributed by atoms with Gasteiger partial charge in [-0.3, -0.25) is 4.90 Å². The molecule has 0 aliphatic carbocycles. The zero-order valence-corrected chi connectivity index (χ0v) is 16.0. The maximum Gasteiger partial charge on any atom is 0.252 e. The quantitative estimate of drug-likeness (QED) is 0.792. The summed E-state index contributed by atoms with van der Waals surface area (Å²) in [7, 11) is -3.35. The molecule has 130 valence electrons. The Bertz CT molecular complexity index is 779. The summed E-state index contributed by atoms with van der Waals surface area (Å²) in [6.07, 6.45) is 0.870. The molecule has 1 aliphatic rings. The number of thiophene rings is 1. The average Bonchev–Trinajstić information content (AvgIpc) is 3.07. The molecule has 2 aromatic rings. The fourth-order valence-corrected chi connectivity index (χ4v) is 5.79. The second-order valence-corrected chi connectivity index (χ2v) is 9.65. The minimum atomic E-state index is -3.35. The molecule has 0 amide bonds. The van der Waals surface area contributed by atoms with Crippen LogP contribution in [0.1, 0.15) is 17.4 Å². The summed E-state index contributed by atoms with van der Waals surface area (Å²) < 4.78 is 27.5. The highest BCUT2D eigenvalue weighted by atomic mass is 35.5. The fourth-order valence-electron chi connectivity index (χ4n) is 2.79. The summed E-state index contributed by atoms with van der Waals surface area (Å²) >= 11 is 7.29. The van der Waals surface area contributed by atoms with E-state index in [1.807, 2.05) is 37.3 Å². The van der Waals surface area contributed by atoms with Gasteiger partial charge in [-0.1, -0.05) is 30.7 Å². The number of sulfonamides is 1. The van der Waals surface area contributed by atoms with Crippen LogP contribution in [-0.4, -0.2) is 43.8 Å². The van der Waals surface area contributed by atoms with Gasteiger partial charge in [-0.25, -0.2) is 8.42 Å².